The summed E-state index contributed by atoms with van der Waals surface area (Å²) in [5.74, 6) is 0.482. The van der Waals surface area contributed by atoms with E-state index in [4.69, 9.17) is 10.1 Å². The van der Waals surface area contributed by atoms with Gasteiger partial charge in [-0.25, -0.2) is 0 Å². The van der Waals surface area contributed by atoms with Crippen LogP contribution in [0.25, 0.3) is 10.8 Å². The van der Waals surface area contributed by atoms with Crippen molar-refractivity contribution in [3.63, 3.8) is 0 Å². The van der Waals surface area contributed by atoms with Crippen LogP contribution in [0.15, 0.2) is 72.8 Å². The summed E-state index contributed by atoms with van der Waals surface area (Å²) >= 11 is 0. The van der Waals surface area contributed by atoms with Crippen LogP contribution in [0.1, 0.15) is 40.5 Å². The molecule has 9 nitrogen and oxygen atoms in total. The predicted molar refractivity (Wildman–Crippen MR) is 164 cm³/mol. The molecule has 0 saturated carbocycles. The van der Waals surface area contributed by atoms with Crippen LogP contribution in [0.5, 0.6) is 0 Å². The number of benzene rings is 3. The number of hydrogen-bond donors (Lipinski definition) is 3. The van der Waals surface area contributed by atoms with Crippen molar-refractivity contribution in [3.8, 4) is 6.07 Å². The molecular weight excluding hydrogens is 518 g/mol. The summed E-state index contributed by atoms with van der Waals surface area (Å²) in [6.07, 6.45) is 1.72. The van der Waals surface area contributed by atoms with E-state index in [1.165, 1.54) is 4.90 Å². The van der Waals surface area contributed by atoms with Gasteiger partial charge in [-0.3, -0.25) is 19.2 Å². The molecule has 0 radical (unpaired) electrons. The lowest BCUT2D eigenvalue weighted by Gasteiger charge is -2.19. The molecule has 0 spiro atoms. The Bertz CT molecular complexity index is 1270. The van der Waals surface area contributed by atoms with Crippen LogP contribution in [0.4, 0.5) is 11.4 Å². The number of amides is 4. The number of likely N-dealkylation sites (tertiary alicyclic amines) is 1. The fourth-order valence-corrected chi connectivity index (χ4v) is 3.81. The van der Waals surface area contributed by atoms with E-state index in [-0.39, 0.29) is 18.2 Å². The highest BCUT2D eigenvalue weighted by Gasteiger charge is 2.33. The van der Waals surface area contributed by atoms with Crippen LogP contribution in [-0.4, -0.2) is 49.2 Å². The molecule has 0 aliphatic carbocycles. The largest absolute Gasteiger partial charge is 0.362 e. The van der Waals surface area contributed by atoms with Crippen LogP contribution in [0, 0.1) is 23.2 Å². The zero-order valence-corrected chi connectivity index (χ0v) is 24.5. The summed E-state index contributed by atoms with van der Waals surface area (Å²) in [6, 6.07) is 24.4. The number of carbonyl (C=O) groups is 4. The average molecular weight is 560 g/mol. The highest BCUT2D eigenvalue weighted by molar-refractivity contribution is 6.08. The average Bonchev–Trinajstić information content (AvgIpc) is 3.35. The highest BCUT2D eigenvalue weighted by Crippen LogP contribution is 2.25. The number of hydrogen-bond acceptors (Lipinski definition) is 5. The summed E-state index contributed by atoms with van der Waals surface area (Å²) in [5, 5.41) is 18.7. The summed E-state index contributed by atoms with van der Waals surface area (Å²) < 4.78 is 0. The molecule has 218 valence electrons. The molecule has 0 bridgehead atoms. The number of rotatable bonds is 6. The van der Waals surface area contributed by atoms with Crippen molar-refractivity contribution in [1.29, 1.82) is 5.26 Å². The van der Waals surface area contributed by atoms with Gasteiger partial charge in [-0.15, -0.1) is 0 Å². The number of nitriles is 1. The van der Waals surface area contributed by atoms with E-state index in [0.29, 0.717) is 37.4 Å². The Kier molecular flexibility index (Phi) is 16.2. The SMILES string of the molecule is CC(C)C.CC1CC(C#N)N(C(=O)CC(=O)Nc2cccc3ccccc23)C1.CNC=O.O=CNc1ccccc1. The first-order valence-corrected chi connectivity index (χ1v) is 13.5. The standard InChI is InChI=1S/C19H19N3O2.C7H7NO.C4H10.C2H5NO/c1-13-9-15(11-20)22(12-13)19(24)10-18(23)21-17-8-4-6-14-5-2-3-7-16(14)17;9-6-8-7-4-2-1-3-5-7;1-4(2)3;1-3-2-4/h2-8,13,15H,9-10,12H2,1H3,(H,21,23);1-6H,(H,8,9);4H,1-3H3;2H,1H3,(H,3,4). The van der Waals surface area contributed by atoms with Gasteiger partial charge in [0.25, 0.3) is 0 Å². The molecule has 4 amide bonds. The van der Waals surface area contributed by atoms with E-state index < -0.39 is 6.04 Å². The van der Waals surface area contributed by atoms with Crippen molar-refractivity contribution in [3.05, 3.63) is 72.8 Å². The summed E-state index contributed by atoms with van der Waals surface area (Å²) in [4.78, 5) is 45.0. The normalized spacial score (nSPS) is 14.9. The third-order valence-corrected chi connectivity index (χ3v) is 5.47. The van der Waals surface area contributed by atoms with E-state index in [2.05, 4.69) is 42.8 Å². The van der Waals surface area contributed by atoms with Crippen molar-refractivity contribution in [2.75, 3.05) is 24.2 Å². The van der Waals surface area contributed by atoms with Crippen LogP contribution in [0.2, 0.25) is 0 Å². The maximum Gasteiger partial charge on any atom is 0.233 e. The first-order chi connectivity index (χ1) is 19.7. The molecule has 1 aliphatic heterocycles. The number of fused-ring (bicyclic) bond motifs is 1. The van der Waals surface area contributed by atoms with Crippen LogP contribution in [0.3, 0.4) is 0 Å². The molecule has 1 heterocycles. The van der Waals surface area contributed by atoms with Crippen LogP contribution >= 0.6 is 0 Å². The van der Waals surface area contributed by atoms with E-state index in [0.717, 1.165) is 22.4 Å². The summed E-state index contributed by atoms with van der Waals surface area (Å²) in [7, 11) is 1.56. The maximum atomic E-state index is 12.3. The van der Waals surface area contributed by atoms with Gasteiger partial charge in [0.1, 0.15) is 12.5 Å². The molecule has 1 aliphatic rings. The molecule has 3 N–H and O–H groups in total. The molecule has 0 aromatic heterocycles. The third-order valence-electron chi connectivity index (χ3n) is 5.47. The highest BCUT2D eigenvalue weighted by atomic mass is 16.2. The number of nitrogens with one attached hydrogen (secondary N) is 3. The molecule has 3 aromatic carbocycles. The van der Waals surface area contributed by atoms with Gasteiger partial charge in [0.15, 0.2) is 0 Å². The lowest BCUT2D eigenvalue weighted by Crippen LogP contribution is -2.37. The van der Waals surface area contributed by atoms with E-state index >= 15 is 0 Å². The van der Waals surface area contributed by atoms with E-state index in [9.17, 15) is 14.4 Å². The van der Waals surface area contributed by atoms with Crippen molar-refractivity contribution in [2.24, 2.45) is 11.8 Å². The lowest BCUT2D eigenvalue weighted by molar-refractivity contribution is -0.134. The number of carbonyl (C=O) groups excluding carboxylic acids is 4. The lowest BCUT2D eigenvalue weighted by atomic mass is 10.1. The quantitative estimate of drug-likeness (QED) is 0.282. The summed E-state index contributed by atoms with van der Waals surface area (Å²) in [5.41, 5.74) is 1.52. The monoisotopic (exact) mass is 559 g/mol. The van der Waals surface area contributed by atoms with Gasteiger partial charge in [-0.05, 0) is 41.8 Å². The first kappa shape index (κ1) is 34.3. The molecule has 1 fully saturated rings. The van der Waals surface area contributed by atoms with Gasteiger partial charge in [0.05, 0.1) is 6.07 Å². The number of nitrogens with zero attached hydrogens (tertiary/aromatic N) is 2. The molecule has 9 heteroatoms. The van der Waals surface area contributed by atoms with Gasteiger partial charge in [-0.1, -0.05) is 82.3 Å². The molecule has 1 saturated heterocycles. The van der Waals surface area contributed by atoms with Crippen molar-refractivity contribution < 1.29 is 19.2 Å². The van der Waals surface area contributed by atoms with Crippen molar-refractivity contribution >= 4 is 46.8 Å². The summed E-state index contributed by atoms with van der Waals surface area (Å²) in [6.45, 7) is 9.05. The minimum Gasteiger partial charge on any atom is -0.362 e. The Hall–Kier alpha value is -4.71. The zero-order valence-electron chi connectivity index (χ0n) is 24.5. The second-order valence-electron chi connectivity index (χ2n) is 10.1. The molecular formula is C32H41N5O4. The van der Waals surface area contributed by atoms with Gasteiger partial charge in [0.2, 0.25) is 24.6 Å². The fraction of sp³-hybridized carbons (Fsp3) is 0.344. The predicted octanol–water partition coefficient (Wildman–Crippen LogP) is 5.21. The minimum atomic E-state index is -0.419. The molecule has 2 atom stereocenters. The van der Waals surface area contributed by atoms with Gasteiger partial charge < -0.3 is 20.9 Å². The molecule has 41 heavy (non-hydrogen) atoms. The maximum absolute atomic E-state index is 12.3. The number of para-hydroxylation sites is 1. The molecule has 3 aromatic rings. The van der Waals surface area contributed by atoms with E-state index in [1.807, 2.05) is 79.7 Å². The molecule has 4 rings (SSSR count). The number of anilines is 2. The van der Waals surface area contributed by atoms with E-state index in [1.54, 1.807) is 7.05 Å². The van der Waals surface area contributed by atoms with Gasteiger partial charge in [0, 0.05) is 30.4 Å². The second kappa shape index (κ2) is 19.4. The zero-order chi connectivity index (χ0) is 30.6. The van der Waals surface area contributed by atoms with Gasteiger partial charge >= 0.3 is 0 Å². The fourth-order valence-electron chi connectivity index (χ4n) is 3.81. The Morgan fingerprint density at radius 3 is 2.15 bits per heavy atom. The first-order valence-electron chi connectivity index (χ1n) is 13.5. The second-order valence-corrected chi connectivity index (χ2v) is 10.1. The van der Waals surface area contributed by atoms with Crippen LogP contribution in [-0.2, 0) is 19.2 Å². The Labute approximate surface area is 242 Å². The Morgan fingerprint density at radius 1 is 0.976 bits per heavy atom. The minimum absolute atomic E-state index is 0.242. The van der Waals surface area contributed by atoms with Crippen molar-refractivity contribution in [2.45, 2.75) is 46.6 Å². The van der Waals surface area contributed by atoms with Crippen LogP contribution < -0.4 is 16.0 Å². The van der Waals surface area contributed by atoms with Gasteiger partial charge in [-0.2, -0.15) is 5.26 Å². The third kappa shape index (κ3) is 13.3. The Balaban J connectivity index is 0.000000404. The van der Waals surface area contributed by atoms with Crippen molar-refractivity contribution in [1.82, 2.24) is 10.2 Å². The Morgan fingerprint density at radius 2 is 1.56 bits per heavy atom. The molecule has 2 unspecified atom stereocenters. The smallest absolute Gasteiger partial charge is 0.233 e. The topological polar surface area (TPSA) is 131 Å².